The molecule has 0 unspecified atom stereocenters. The largest absolute Gasteiger partial charge is 0.469 e. The van der Waals surface area contributed by atoms with Crippen molar-refractivity contribution in [2.24, 2.45) is 0 Å². The minimum absolute atomic E-state index is 0.199. The Morgan fingerprint density at radius 3 is 2.48 bits per heavy atom. The van der Waals surface area contributed by atoms with E-state index in [9.17, 15) is 4.79 Å². The topological polar surface area (TPSA) is 38.3 Å². The third-order valence-electron chi connectivity index (χ3n) is 3.17. The molecule has 0 atom stereocenters. The normalized spacial score (nSPS) is 10.5. The van der Waals surface area contributed by atoms with Crippen molar-refractivity contribution in [3.63, 3.8) is 0 Å². The minimum Gasteiger partial charge on any atom is -0.469 e. The second-order valence-corrected chi connectivity index (χ2v) is 6.94. The zero-order chi connectivity index (χ0) is 15.4. The number of anilines is 1. The van der Waals surface area contributed by atoms with Gasteiger partial charge in [-0.05, 0) is 49.2 Å². The van der Waals surface area contributed by atoms with Crippen LogP contribution < -0.4 is 5.32 Å². The summed E-state index contributed by atoms with van der Waals surface area (Å²) in [6, 6.07) is 8.28. The van der Waals surface area contributed by atoms with Crippen molar-refractivity contribution in [1.82, 2.24) is 0 Å². The van der Waals surface area contributed by atoms with Crippen molar-refractivity contribution in [2.75, 3.05) is 12.4 Å². The van der Waals surface area contributed by atoms with Crippen LogP contribution in [0.25, 0.3) is 0 Å². The van der Waals surface area contributed by atoms with Crippen LogP contribution in [0.5, 0.6) is 0 Å². The summed E-state index contributed by atoms with van der Waals surface area (Å²) in [5.41, 5.74) is 3.54. The Balaban J connectivity index is 1.99. The first-order valence-corrected chi connectivity index (χ1v) is 8.25. The number of benzene rings is 1. The fourth-order valence-corrected chi connectivity index (χ4v) is 3.24. The number of methoxy groups -OCH3 is 1. The quantitative estimate of drug-likeness (QED) is 0.793. The number of nitrogens with one attached hydrogen (secondary N) is 1. The molecule has 0 radical (unpaired) electrons. The summed E-state index contributed by atoms with van der Waals surface area (Å²) < 4.78 is 5.83. The highest BCUT2D eigenvalue weighted by molar-refractivity contribution is 9.10. The van der Waals surface area contributed by atoms with Gasteiger partial charge in [0.05, 0.1) is 13.5 Å². The monoisotopic (exact) mass is 367 g/mol. The van der Waals surface area contributed by atoms with Crippen LogP contribution in [-0.4, -0.2) is 13.1 Å². The smallest absolute Gasteiger partial charge is 0.310 e. The first kappa shape index (κ1) is 16.0. The molecular weight excluding hydrogens is 350 g/mol. The highest BCUT2D eigenvalue weighted by Gasteiger charge is 2.07. The molecule has 0 aliphatic carbocycles. The molecule has 2 aromatic rings. The van der Waals surface area contributed by atoms with Gasteiger partial charge in [-0.15, -0.1) is 11.3 Å². The van der Waals surface area contributed by atoms with Gasteiger partial charge in [0, 0.05) is 26.5 Å². The van der Waals surface area contributed by atoms with E-state index >= 15 is 0 Å². The number of ether oxygens (including phenoxy) is 1. The molecule has 0 bridgehead atoms. The third-order valence-corrected chi connectivity index (χ3v) is 5.50. The average Bonchev–Trinajstić information content (AvgIpc) is 2.89. The van der Waals surface area contributed by atoms with E-state index in [0.717, 1.165) is 21.6 Å². The van der Waals surface area contributed by atoms with Crippen LogP contribution >= 0.6 is 27.3 Å². The zero-order valence-electron chi connectivity index (χ0n) is 12.3. The Hall–Kier alpha value is -1.33. The molecule has 5 heteroatoms. The summed E-state index contributed by atoms with van der Waals surface area (Å²) >= 11 is 5.21. The van der Waals surface area contributed by atoms with Crippen LogP contribution in [0.2, 0.25) is 0 Å². The Bertz CT molecular complexity index is 628. The number of hydrogen-bond donors (Lipinski definition) is 1. The molecule has 0 saturated carbocycles. The van der Waals surface area contributed by atoms with Crippen molar-refractivity contribution in [1.29, 1.82) is 0 Å². The minimum atomic E-state index is -0.199. The molecule has 0 fully saturated rings. The second kappa shape index (κ2) is 7.09. The molecular formula is C16H18BrNO2S. The van der Waals surface area contributed by atoms with Gasteiger partial charge in [0.25, 0.3) is 0 Å². The summed E-state index contributed by atoms with van der Waals surface area (Å²) in [5, 5.41) is 3.42. The highest BCUT2D eigenvalue weighted by atomic mass is 79.9. The maximum Gasteiger partial charge on any atom is 0.310 e. The predicted octanol–water partition coefficient (Wildman–Crippen LogP) is 4.46. The van der Waals surface area contributed by atoms with Crippen LogP contribution in [0.4, 0.5) is 5.69 Å². The van der Waals surface area contributed by atoms with Gasteiger partial charge in [0.15, 0.2) is 0 Å². The van der Waals surface area contributed by atoms with E-state index in [2.05, 4.69) is 58.0 Å². The molecule has 0 aliphatic heterocycles. The van der Waals surface area contributed by atoms with E-state index in [1.54, 1.807) is 11.3 Å². The number of carbonyl (C=O) groups is 1. The standard InChI is InChI=1S/C16H18BrNO2S/c1-10-6-12(7-11(2)16(10)17)18-9-14-5-4-13(21-14)8-15(19)20-3/h4-7,18H,8-9H2,1-3H3. The van der Waals surface area contributed by atoms with Crippen LogP contribution in [0.3, 0.4) is 0 Å². The lowest BCUT2D eigenvalue weighted by atomic mass is 10.1. The molecule has 1 aromatic carbocycles. The van der Waals surface area contributed by atoms with Gasteiger partial charge in [-0.2, -0.15) is 0 Å². The van der Waals surface area contributed by atoms with E-state index in [0.29, 0.717) is 6.42 Å². The van der Waals surface area contributed by atoms with Gasteiger partial charge in [0.2, 0.25) is 0 Å². The molecule has 0 aliphatic rings. The van der Waals surface area contributed by atoms with E-state index < -0.39 is 0 Å². The lowest BCUT2D eigenvalue weighted by molar-refractivity contribution is -0.139. The van der Waals surface area contributed by atoms with Gasteiger partial charge in [-0.25, -0.2) is 0 Å². The maximum absolute atomic E-state index is 11.2. The Kier molecular flexibility index (Phi) is 5.42. The number of aryl methyl sites for hydroxylation is 2. The number of hydrogen-bond acceptors (Lipinski definition) is 4. The maximum atomic E-state index is 11.2. The van der Waals surface area contributed by atoms with E-state index in [1.807, 2.05) is 6.07 Å². The summed E-state index contributed by atoms with van der Waals surface area (Å²) in [4.78, 5) is 13.5. The Morgan fingerprint density at radius 1 is 1.24 bits per heavy atom. The fraction of sp³-hybridized carbons (Fsp3) is 0.312. The lowest BCUT2D eigenvalue weighted by Gasteiger charge is -2.09. The highest BCUT2D eigenvalue weighted by Crippen LogP contribution is 2.26. The van der Waals surface area contributed by atoms with Crippen molar-refractivity contribution in [3.05, 3.63) is 49.6 Å². The summed E-state index contributed by atoms with van der Waals surface area (Å²) in [6.07, 6.45) is 0.345. The third kappa shape index (κ3) is 4.32. The van der Waals surface area contributed by atoms with Crippen molar-refractivity contribution in [2.45, 2.75) is 26.8 Å². The predicted molar refractivity (Wildman–Crippen MR) is 91.0 cm³/mol. The van der Waals surface area contributed by atoms with E-state index in [1.165, 1.54) is 23.1 Å². The average molecular weight is 368 g/mol. The summed E-state index contributed by atoms with van der Waals surface area (Å²) in [7, 11) is 1.41. The van der Waals surface area contributed by atoms with Gasteiger partial charge in [-0.3, -0.25) is 4.79 Å². The van der Waals surface area contributed by atoms with Crippen molar-refractivity contribution in [3.8, 4) is 0 Å². The molecule has 1 heterocycles. The number of rotatable bonds is 5. The van der Waals surface area contributed by atoms with Crippen LogP contribution in [0, 0.1) is 13.8 Å². The van der Waals surface area contributed by atoms with Gasteiger partial charge >= 0.3 is 5.97 Å². The first-order valence-electron chi connectivity index (χ1n) is 6.64. The first-order chi connectivity index (χ1) is 9.99. The van der Waals surface area contributed by atoms with Crippen LogP contribution in [0.15, 0.2) is 28.7 Å². The van der Waals surface area contributed by atoms with Crippen LogP contribution in [0.1, 0.15) is 20.9 Å². The van der Waals surface area contributed by atoms with E-state index in [4.69, 9.17) is 0 Å². The summed E-state index contributed by atoms with van der Waals surface area (Å²) in [5.74, 6) is -0.199. The zero-order valence-corrected chi connectivity index (χ0v) is 14.7. The molecule has 1 N–H and O–H groups in total. The van der Waals surface area contributed by atoms with Crippen molar-refractivity contribution < 1.29 is 9.53 Å². The Labute approximate surface area is 137 Å². The number of thiophene rings is 1. The molecule has 0 saturated heterocycles. The number of halogens is 1. The molecule has 21 heavy (non-hydrogen) atoms. The van der Waals surface area contributed by atoms with Gasteiger partial charge in [0.1, 0.15) is 0 Å². The van der Waals surface area contributed by atoms with Crippen molar-refractivity contribution >= 4 is 38.9 Å². The van der Waals surface area contributed by atoms with Crippen LogP contribution in [-0.2, 0) is 22.5 Å². The Morgan fingerprint density at radius 2 is 1.86 bits per heavy atom. The second-order valence-electron chi connectivity index (χ2n) is 4.90. The fourth-order valence-electron chi connectivity index (χ4n) is 2.06. The lowest BCUT2D eigenvalue weighted by Crippen LogP contribution is -2.02. The molecule has 2 rings (SSSR count). The molecule has 3 nitrogen and oxygen atoms in total. The molecule has 112 valence electrons. The molecule has 0 amide bonds. The number of carbonyl (C=O) groups excluding carboxylic acids is 1. The molecule has 1 aromatic heterocycles. The number of esters is 1. The SMILES string of the molecule is COC(=O)Cc1ccc(CNc2cc(C)c(Br)c(C)c2)s1. The van der Waals surface area contributed by atoms with Gasteiger partial charge < -0.3 is 10.1 Å². The summed E-state index contributed by atoms with van der Waals surface area (Å²) in [6.45, 7) is 4.93. The van der Waals surface area contributed by atoms with E-state index in [-0.39, 0.29) is 5.97 Å². The van der Waals surface area contributed by atoms with Gasteiger partial charge in [-0.1, -0.05) is 15.9 Å². The molecule has 0 spiro atoms.